The molecule has 0 spiro atoms. The summed E-state index contributed by atoms with van der Waals surface area (Å²) in [6.07, 6.45) is 1.17. The fourth-order valence-corrected chi connectivity index (χ4v) is 0.853. The van der Waals surface area contributed by atoms with Gasteiger partial charge in [-0.15, -0.1) is 0 Å². The Kier molecular flexibility index (Phi) is 5.56. The minimum atomic E-state index is -0.368. The largest absolute Gasteiger partial charge is 0.465 e. The monoisotopic (exact) mass is 174 g/mol. The zero-order valence-corrected chi connectivity index (χ0v) is 7.15. The third kappa shape index (κ3) is 5.66. The summed E-state index contributed by atoms with van der Waals surface area (Å²) in [5.41, 5.74) is 0. The highest BCUT2D eigenvalue weighted by Gasteiger charge is 2.04. The highest BCUT2D eigenvalue weighted by molar-refractivity contribution is 8.14. The van der Waals surface area contributed by atoms with Crippen LogP contribution in [0.25, 0.3) is 0 Å². The highest BCUT2D eigenvalue weighted by Crippen LogP contribution is 2.02. The Balaban J connectivity index is 3.45. The molecule has 0 aromatic rings. The lowest BCUT2D eigenvalue weighted by molar-refractivity contribution is -0.139. The van der Waals surface area contributed by atoms with Crippen molar-refractivity contribution in [3.63, 3.8) is 0 Å². The SMILES string of the molecule is C=CC(=O)SCC(=O)OCC. The molecule has 0 aromatic heterocycles. The van der Waals surface area contributed by atoms with Gasteiger partial charge in [0, 0.05) is 0 Å². The summed E-state index contributed by atoms with van der Waals surface area (Å²) in [5, 5.41) is -0.210. The van der Waals surface area contributed by atoms with E-state index in [-0.39, 0.29) is 16.8 Å². The van der Waals surface area contributed by atoms with Crippen LogP contribution in [0.2, 0.25) is 0 Å². The van der Waals surface area contributed by atoms with Crippen molar-refractivity contribution in [2.24, 2.45) is 0 Å². The van der Waals surface area contributed by atoms with E-state index in [1.54, 1.807) is 6.92 Å². The minimum Gasteiger partial charge on any atom is -0.465 e. The highest BCUT2D eigenvalue weighted by atomic mass is 32.2. The number of ether oxygens (including phenoxy) is 1. The van der Waals surface area contributed by atoms with Gasteiger partial charge in [0.15, 0.2) is 0 Å². The van der Waals surface area contributed by atoms with E-state index in [0.29, 0.717) is 6.61 Å². The maximum Gasteiger partial charge on any atom is 0.316 e. The topological polar surface area (TPSA) is 43.4 Å². The molecule has 4 heteroatoms. The molecule has 0 unspecified atom stereocenters. The fourth-order valence-electron chi connectivity index (χ4n) is 0.392. The van der Waals surface area contributed by atoms with Crippen LogP contribution in [0.4, 0.5) is 0 Å². The Hall–Kier alpha value is -0.770. The Morgan fingerprint density at radius 3 is 2.73 bits per heavy atom. The van der Waals surface area contributed by atoms with Gasteiger partial charge in [0.2, 0.25) is 5.12 Å². The summed E-state index contributed by atoms with van der Waals surface area (Å²) in [4.78, 5) is 21.2. The van der Waals surface area contributed by atoms with Crippen molar-refractivity contribution in [3.05, 3.63) is 12.7 Å². The maximum absolute atomic E-state index is 10.6. The molecular formula is C7H10O3S. The van der Waals surface area contributed by atoms with Crippen molar-refractivity contribution in [2.75, 3.05) is 12.4 Å². The van der Waals surface area contributed by atoms with Crippen LogP contribution >= 0.6 is 11.8 Å². The van der Waals surface area contributed by atoms with Gasteiger partial charge in [-0.05, 0) is 13.0 Å². The summed E-state index contributed by atoms with van der Waals surface area (Å²) in [5.74, 6) is -0.300. The van der Waals surface area contributed by atoms with Crippen LogP contribution in [-0.2, 0) is 14.3 Å². The number of thioether (sulfide) groups is 1. The lowest BCUT2D eigenvalue weighted by Crippen LogP contribution is -2.07. The van der Waals surface area contributed by atoms with Crippen LogP contribution < -0.4 is 0 Å². The van der Waals surface area contributed by atoms with E-state index < -0.39 is 0 Å². The van der Waals surface area contributed by atoms with Gasteiger partial charge in [-0.1, -0.05) is 18.3 Å². The molecule has 0 aliphatic rings. The molecule has 0 saturated carbocycles. The number of carbonyl (C=O) groups excluding carboxylic acids is 2. The van der Waals surface area contributed by atoms with Crippen LogP contribution in [-0.4, -0.2) is 23.4 Å². The van der Waals surface area contributed by atoms with E-state index in [0.717, 1.165) is 11.8 Å². The van der Waals surface area contributed by atoms with Gasteiger partial charge in [-0.2, -0.15) is 0 Å². The molecule has 0 bridgehead atoms. The minimum absolute atomic E-state index is 0.0681. The van der Waals surface area contributed by atoms with Crippen molar-refractivity contribution >= 4 is 22.8 Å². The Bertz CT molecular complexity index is 165. The van der Waals surface area contributed by atoms with E-state index in [4.69, 9.17) is 0 Å². The molecule has 11 heavy (non-hydrogen) atoms. The van der Waals surface area contributed by atoms with Crippen molar-refractivity contribution in [3.8, 4) is 0 Å². The Morgan fingerprint density at radius 1 is 1.64 bits per heavy atom. The number of hydrogen-bond donors (Lipinski definition) is 0. The van der Waals surface area contributed by atoms with Crippen LogP contribution in [0, 0.1) is 0 Å². The van der Waals surface area contributed by atoms with Gasteiger partial charge >= 0.3 is 5.97 Å². The van der Waals surface area contributed by atoms with E-state index in [1.807, 2.05) is 0 Å². The predicted octanol–water partition coefficient (Wildman–Crippen LogP) is 0.995. The van der Waals surface area contributed by atoms with Gasteiger partial charge in [-0.3, -0.25) is 9.59 Å². The molecule has 0 radical (unpaired) electrons. The predicted molar refractivity (Wildman–Crippen MR) is 44.3 cm³/mol. The molecule has 0 rings (SSSR count). The number of hydrogen-bond acceptors (Lipinski definition) is 4. The first kappa shape index (κ1) is 10.2. The molecule has 0 aromatic carbocycles. The van der Waals surface area contributed by atoms with Gasteiger partial charge in [0.25, 0.3) is 0 Å². The van der Waals surface area contributed by atoms with Gasteiger partial charge in [0.1, 0.15) is 0 Å². The molecule has 0 N–H and O–H groups in total. The number of esters is 1. The smallest absolute Gasteiger partial charge is 0.316 e. The van der Waals surface area contributed by atoms with E-state index >= 15 is 0 Å². The summed E-state index contributed by atoms with van der Waals surface area (Å²) in [6, 6.07) is 0. The molecular weight excluding hydrogens is 164 g/mol. The fraction of sp³-hybridized carbons (Fsp3) is 0.429. The van der Waals surface area contributed by atoms with Crippen LogP contribution in [0.1, 0.15) is 6.92 Å². The second-order valence-corrected chi connectivity index (χ2v) is 2.60. The van der Waals surface area contributed by atoms with Crippen molar-refractivity contribution in [1.29, 1.82) is 0 Å². The maximum atomic E-state index is 10.6. The standard InChI is InChI=1S/C7H10O3S/c1-3-7(9)11-5-6(8)10-4-2/h3H,1,4-5H2,2H3. The summed E-state index contributed by atoms with van der Waals surface area (Å²) in [7, 11) is 0. The van der Waals surface area contributed by atoms with E-state index in [2.05, 4.69) is 11.3 Å². The summed E-state index contributed by atoms with van der Waals surface area (Å²) in [6.45, 7) is 5.33. The molecule has 0 saturated heterocycles. The molecule has 0 aliphatic heterocycles. The first-order chi connectivity index (χ1) is 5.20. The third-order valence-corrected chi connectivity index (χ3v) is 1.64. The van der Waals surface area contributed by atoms with Crippen molar-refractivity contribution < 1.29 is 14.3 Å². The Morgan fingerprint density at radius 2 is 2.27 bits per heavy atom. The van der Waals surface area contributed by atoms with E-state index in [9.17, 15) is 9.59 Å². The second kappa shape index (κ2) is 5.97. The molecule has 3 nitrogen and oxygen atoms in total. The average Bonchev–Trinajstić information content (AvgIpc) is 2.01. The summed E-state index contributed by atoms with van der Waals surface area (Å²) >= 11 is 0.893. The first-order valence-electron chi connectivity index (χ1n) is 3.15. The van der Waals surface area contributed by atoms with Crippen molar-refractivity contribution in [2.45, 2.75) is 6.92 Å². The zero-order chi connectivity index (χ0) is 8.69. The first-order valence-corrected chi connectivity index (χ1v) is 4.14. The lowest BCUT2D eigenvalue weighted by Gasteiger charge is -1.97. The Labute approximate surface area is 69.8 Å². The van der Waals surface area contributed by atoms with Gasteiger partial charge in [-0.25, -0.2) is 0 Å². The summed E-state index contributed by atoms with van der Waals surface area (Å²) < 4.78 is 4.59. The second-order valence-electron chi connectivity index (χ2n) is 1.62. The average molecular weight is 174 g/mol. The normalized spacial score (nSPS) is 8.82. The van der Waals surface area contributed by atoms with E-state index in [1.165, 1.54) is 6.08 Å². The lowest BCUT2D eigenvalue weighted by atomic mass is 10.7. The molecule has 0 heterocycles. The van der Waals surface area contributed by atoms with Crippen LogP contribution in [0.15, 0.2) is 12.7 Å². The molecule has 62 valence electrons. The molecule has 0 atom stereocenters. The quantitative estimate of drug-likeness (QED) is 0.471. The van der Waals surface area contributed by atoms with Crippen molar-refractivity contribution in [1.82, 2.24) is 0 Å². The zero-order valence-electron chi connectivity index (χ0n) is 6.33. The van der Waals surface area contributed by atoms with Crippen LogP contribution in [0.5, 0.6) is 0 Å². The van der Waals surface area contributed by atoms with Gasteiger partial charge < -0.3 is 4.74 Å². The number of rotatable bonds is 4. The number of carbonyl (C=O) groups is 2. The van der Waals surface area contributed by atoms with Gasteiger partial charge in [0.05, 0.1) is 12.4 Å². The van der Waals surface area contributed by atoms with Crippen LogP contribution in [0.3, 0.4) is 0 Å². The molecule has 0 amide bonds. The molecule has 0 fully saturated rings. The molecule has 0 aliphatic carbocycles. The third-order valence-electron chi connectivity index (χ3n) is 0.804.